The van der Waals surface area contributed by atoms with Gasteiger partial charge in [-0.3, -0.25) is 4.79 Å². The highest BCUT2D eigenvalue weighted by Gasteiger charge is 2.27. The lowest BCUT2D eigenvalue weighted by atomic mass is 10.1. The average molecular weight is 369 g/mol. The standard InChI is InChI=1S/C18H27NO5S/c1-12(2)19(13(3)4)17(20)14(5)24-18(21)16-9-7-15(8-10-16)11-25(6,22)23/h7-10,12-14H,11H2,1-6H3/t14-/m1/s1. The van der Waals surface area contributed by atoms with E-state index in [0.29, 0.717) is 5.56 Å². The quantitative estimate of drug-likeness (QED) is 0.690. The summed E-state index contributed by atoms with van der Waals surface area (Å²) in [6.07, 6.45) is 0.255. The summed E-state index contributed by atoms with van der Waals surface area (Å²) in [7, 11) is -3.13. The minimum atomic E-state index is -3.13. The highest BCUT2D eigenvalue weighted by Crippen LogP contribution is 2.13. The lowest BCUT2D eigenvalue weighted by Gasteiger charge is -2.32. The van der Waals surface area contributed by atoms with Crippen molar-refractivity contribution in [2.75, 3.05) is 6.26 Å². The number of carbonyl (C=O) groups excluding carboxylic acids is 2. The van der Waals surface area contributed by atoms with Crippen LogP contribution in [0.3, 0.4) is 0 Å². The van der Waals surface area contributed by atoms with Crippen molar-refractivity contribution in [3.63, 3.8) is 0 Å². The molecule has 6 nitrogen and oxygen atoms in total. The van der Waals surface area contributed by atoms with Gasteiger partial charge in [0.05, 0.1) is 11.3 Å². The van der Waals surface area contributed by atoms with Gasteiger partial charge < -0.3 is 9.64 Å². The third-order valence-corrected chi connectivity index (χ3v) is 4.47. The van der Waals surface area contributed by atoms with Gasteiger partial charge in [-0.1, -0.05) is 12.1 Å². The van der Waals surface area contributed by atoms with Crippen LogP contribution in [0.25, 0.3) is 0 Å². The van der Waals surface area contributed by atoms with E-state index in [1.165, 1.54) is 12.1 Å². The highest BCUT2D eigenvalue weighted by atomic mass is 32.2. The van der Waals surface area contributed by atoms with Crippen molar-refractivity contribution < 1.29 is 22.7 Å². The van der Waals surface area contributed by atoms with Gasteiger partial charge in [0.2, 0.25) is 0 Å². The molecule has 1 amide bonds. The Balaban J connectivity index is 2.79. The van der Waals surface area contributed by atoms with Gasteiger partial charge in [-0.25, -0.2) is 13.2 Å². The number of esters is 1. The molecule has 0 aliphatic heterocycles. The predicted molar refractivity (Wildman–Crippen MR) is 97.0 cm³/mol. The third kappa shape index (κ3) is 6.49. The van der Waals surface area contributed by atoms with Crippen LogP contribution < -0.4 is 0 Å². The van der Waals surface area contributed by atoms with Crippen LogP contribution in [-0.4, -0.2) is 49.6 Å². The summed E-state index contributed by atoms with van der Waals surface area (Å²) in [5.41, 5.74) is 0.867. The minimum Gasteiger partial charge on any atom is -0.449 e. The molecule has 0 radical (unpaired) electrons. The van der Waals surface area contributed by atoms with Crippen LogP contribution in [0.15, 0.2) is 24.3 Å². The molecule has 0 aliphatic rings. The molecule has 1 aromatic rings. The summed E-state index contributed by atoms with van der Waals surface area (Å²) in [4.78, 5) is 26.4. The summed E-state index contributed by atoms with van der Waals surface area (Å²) in [6, 6.07) is 6.15. The molecule has 7 heteroatoms. The van der Waals surface area contributed by atoms with Crippen molar-refractivity contribution in [3.8, 4) is 0 Å². The van der Waals surface area contributed by atoms with E-state index in [2.05, 4.69) is 0 Å². The first-order valence-corrected chi connectivity index (χ1v) is 10.3. The van der Waals surface area contributed by atoms with Crippen LogP contribution in [-0.2, 0) is 25.1 Å². The highest BCUT2D eigenvalue weighted by molar-refractivity contribution is 7.89. The van der Waals surface area contributed by atoms with Gasteiger partial charge in [-0.2, -0.15) is 0 Å². The zero-order valence-corrected chi connectivity index (χ0v) is 16.5. The van der Waals surface area contributed by atoms with E-state index in [1.54, 1.807) is 24.0 Å². The van der Waals surface area contributed by atoms with Crippen LogP contribution in [0.2, 0.25) is 0 Å². The van der Waals surface area contributed by atoms with Crippen molar-refractivity contribution in [1.82, 2.24) is 4.90 Å². The van der Waals surface area contributed by atoms with Crippen molar-refractivity contribution in [2.45, 2.75) is 58.6 Å². The molecule has 0 aliphatic carbocycles. The van der Waals surface area contributed by atoms with Crippen molar-refractivity contribution >= 4 is 21.7 Å². The molecular weight excluding hydrogens is 342 g/mol. The summed E-state index contributed by atoms with van der Waals surface area (Å²) in [5.74, 6) is -0.944. The normalized spacial score (nSPS) is 13.0. The molecule has 0 spiro atoms. The number of nitrogens with zero attached hydrogens (tertiary/aromatic N) is 1. The molecule has 0 N–H and O–H groups in total. The van der Waals surface area contributed by atoms with Crippen LogP contribution >= 0.6 is 0 Å². The lowest BCUT2D eigenvalue weighted by molar-refractivity contribution is -0.143. The van der Waals surface area contributed by atoms with Gasteiger partial charge in [0, 0.05) is 18.3 Å². The maximum atomic E-state index is 12.5. The third-order valence-electron chi connectivity index (χ3n) is 3.62. The van der Waals surface area contributed by atoms with Crippen LogP contribution in [0, 0.1) is 0 Å². The fourth-order valence-electron chi connectivity index (χ4n) is 2.63. The molecule has 25 heavy (non-hydrogen) atoms. The molecule has 1 atom stereocenters. The summed E-state index contributed by atoms with van der Waals surface area (Å²) in [6.45, 7) is 9.19. The Morgan fingerprint density at radius 1 is 1.00 bits per heavy atom. The van der Waals surface area contributed by atoms with Gasteiger partial charge in [-0.05, 0) is 52.3 Å². The molecule has 140 valence electrons. The number of ether oxygens (including phenoxy) is 1. The van der Waals surface area contributed by atoms with Gasteiger partial charge >= 0.3 is 5.97 Å². The maximum Gasteiger partial charge on any atom is 0.338 e. The fraction of sp³-hybridized carbons (Fsp3) is 0.556. The number of carbonyl (C=O) groups is 2. The first kappa shape index (κ1) is 21.2. The molecule has 0 aromatic heterocycles. The number of sulfone groups is 1. The molecule has 0 heterocycles. The number of hydrogen-bond acceptors (Lipinski definition) is 5. The van der Waals surface area contributed by atoms with Crippen molar-refractivity contribution in [2.24, 2.45) is 0 Å². The average Bonchev–Trinajstić information content (AvgIpc) is 2.45. The van der Waals surface area contributed by atoms with Crippen LogP contribution in [0.1, 0.15) is 50.5 Å². The first-order valence-electron chi connectivity index (χ1n) is 8.22. The Hall–Kier alpha value is -1.89. The Morgan fingerprint density at radius 3 is 1.88 bits per heavy atom. The van der Waals surface area contributed by atoms with E-state index in [1.807, 2.05) is 27.7 Å². The summed E-state index contributed by atoms with van der Waals surface area (Å²) in [5, 5.41) is 0. The zero-order chi connectivity index (χ0) is 19.4. The van der Waals surface area contributed by atoms with Crippen LogP contribution in [0.4, 0.5) is 0 Å². The largest absolute Gasteiger partial charge is 0.449 e. The zero-order valence-electron chi connectivity index (χ0n) is 15.6. The molecule has 0 unspecified atom stereocenters. The molecule has 0 bridgehead atoms. The number of hydrogen-bond donors (Lipinski definition) is 0. The molecule has 0 fully saturated rings. The second kappa shape index (κ2) is 8.47. The topological polar surface area (TPSA) is 80.8 Å². The number of benzene rings is 1. The first-order chi connectivity index (χ1) is 11.4. The second-order valence-corrected chi connectivity index (χ2v) is 8.89. The monoisotopic (exact) mass is 369 g/mol. The van der Waals surface area contributed by atoms with E-state index in [4.69, 9.17) is 4.74 Å². The summed E-state index contributed by atoms with van der Waals surface area (Å²) >= 11 is 0. The SMILES string of the molecule is CC(C)N(C(=O)[C@@H](C)OC(=O)c1ccc(CS(C)(=O)=O)cc1)C(C)C. The van der Waals surface area contributed by atoms with E-state index >= 15 is 0 Å². The number of rotatable bonds is 7. The van der Waals surface area contributed by atoms with Crippen molar-refractivity contribution in [1.29, 1.82) is 0 Å². The van der Waals surface area contributed by atoms with Gasteiger partial charge in [-0.15, -0.1) is 0 Å². The van der Waals surface area contributed by atoms with Gasteiger partial charge in [0.25, 0.3) is 5.91 Å². The minimum absolute atomic E-state index is 0.00364. The van der Waals surface area contributed by atoms with E-state index in [-0.39, 0.29) is 29.3 Å². The number of amides is 1. The predicted octanol–water partition coefficient (Wildman–Crippen LogP) is 2.42. The van der Waals surface area contributed by atoms with Gasteiger partial charge in [0.1, 0.15) is 0 Å². The van der Waals surface area contributed by atoms with E-state index in [0.717, 1.165) is 6.26 Å². The molecule has 1 rings (SSSR count). The Morgan fingerprint density at radius 2 is 1.48 bits per heavy atom. The van der Waals surface area contributed by atoms with Crippen LogP contribution in [0.5, 0.6) is 0 Å². The molecule has 1 aromatic carbocycles. The van der Waals surface area contributed by atoms with Crippen molar-refractivity contribution in [3.05, 3.63) is 35.4 Å². The molecule has 0 saturated heterocycles. The summed E-state index contributed by atoms with van der Waals surface area (Å²) < 4.78 is 27.8. The fourth-order valence-corrected chi connectivity index (χ4v) is 3.43. The Kier molecular flexibility index (Phi) is 7.17. The molecule has 0 saturated carbocycles. The Bertz CT molecular complexity index is 699. The Labute approximate surface area is 150 Å². The smallest absolute Gasteiger partial charge is 0.338 e. The second-order valence-electron chi connectivity index (χ2n) is 6.75. The van der Waals surface area contributed by atoms with E-state index < -0.39 is 21.9 Å². The lowest BCUT2D eigenvalue weighted by Crippen LogP contribution is -2.47. The van der Waals surface area contributed by atoms with Gasteiger partial charge in [0.15, 0.2) is 15.9 Å². The van der Waals surface area contributed by atoms with E-state index in [9.17, 15) is 18.0 Å². The maximum absolute atomic E-state index is 12.5. The molecular formula is C18H27NO5S.